The van der Waals surface area contributed by atoms with E-state index in [-0.39, 0.29) is 2.85 Å². The van der Waals surface area contributed by atoms with Gasteiger partial charge in [0.25, 0.3) is 0 Å². The summed E-state index contributed by atoms with van der Waals surface area (Å²) in [6.45, 7) is 3.69. The van der Waals surface area contributed by atoms with Gasteiger partial charge < -0.3 is 16.8 Å². The Hall–Kier alpha value is -0.120. The fourth-order valence-electron chi connectivity index (χ4n) is 1.69. The van der Waals surface area contributed by atoms with E-state index in [2.05, 4.69) is 5.32 Å². The number of hydrogen-bond acceptors (Lipinski definition) is 3. The second kappa shape index (κ2) is 13.9. The van der Waals surface area contributed by atoms with Crippen LogP contribution in [0.2, 0.25) is 0 Å². The Morgan fingerprint density at radius 2 is 1.00 bits per heavy atom. The number of nitrogens with one attached hydrogen (secondary N) is 1. The lowest BCUT2D eigenvalue weighted by Crippen LogP contribution is -2.11. The van der Waals surface area contributed by atoms with Crippen molar-refractivity contribution < 1.29 is 2.85 Å². The van der Waals surface area contributed by atoms with Crippen molar-refractivity contribution >= 4 is 0 Å². The summed E-state index contributed by atoms with van der Waals surface area (Å²) < 4.78 is 0. The molecule has 0 amide bonds. The van der Waals surface area contributed by atoms with Crippen LogP contribution in [0, 0.1) is 0 Å². The van der Waals surface area contributed by atoms with Crippen molar-refractivity contribution in [2.45, 2.75) is 51.4 Å². The highest BCUT2D eigenvalue weighted by atomic mass is 14.9. The van der Waals surface area contributed by atoms with E-state index >= 15 is 0 Å². The molecule has 3 nitrogen and oxygen atoms in total. The van der Waals surface area contributed by atoms with Gasteiger partial charge in [-0.05, 0) is 25.9 Å². The molecule has 5 N–H and O–H groups in total. The maximum atomic E-state index is 4.90. The summed E-state index contributed by atoms with van der Waals surface area (Å²) in [5.41, 5.74) is 9.81. The molecule has 0 atom stereocenters. The average molecular weight is 219 g/mol. The van der Waals surface area contributed by atoms with Crippen LogP contribution >= 0.6 is 0 Å². The standard InChI is InChI=1S/C6H12.C4H9N.C2H8N2.2H2/c1-2-4-6-5-3-1;1-2-4-5-3-1;3-1-2-4;;/h1-6H2;5H,1-4H2;1-4H2;2*1H. The highest BCUT2D eigenvalue weighted by Gasteiger charge is 1.95. The minimum Gasteiger partial charge on any atom is -0.329 e. The highest BCUT2D eigenvalue weighted by molar-refractivity contribution is 4.55. The lowest BCUT2D eigenvalue weighted by molar-refractivity contribution is 0.504. The second-order valence-corrected chi connectivity index (χ2v) is 4.16. The molecule has 0 aromatic rings. The third kappa shape index (κ3) is 13.9. The van der Waals surface area contributed by atoms with Gasteiger partial charge in [0.15, 0.2) is 0 Å². The van der Waals surface area contributed by atoms with Gasteiger partial charge in [-0.3, -0.25) is 0 Å². The average Bonchev–Trinajstić information content (AvgIpc) is 2.90. The molecule has 1 aliphatic carbocycles. The fraction of sp³-hybridized carbons (Fsp3) is 1.00. The zero-order valence-electron chi connectivity index (χ0n) is 10.1. The molecule has 3 heteroatoms. The minimum absolute atomic E-state index is 0. The lowest BCUT2D eigenvalue weighted by atomic mass is 10.0. The van der Waals surface area contributed by atoms with Crippen molar-refractivity contribution in [1.82, 2.24) is 5.32 Å². The zero-order chi connectivity index (χ0) is 11.2. The van der Waals surface area contributed by atoms with Crippen molar-refractivity contribution in [3.63, 3.8) is 0 Å². The number of hydrogen-bond donors (Lipinski definition) is 3. The Morgan fingerprint density at radius 1 is 0.667 bits per heavy atom. The van der Waals surface area contributed by atoms with Gasteiger partial charge in [-0.1, -0.05) is 38.5 Å². The molecule has 0 radical (unpaired) electrons. The van der Waals surface area contributed by atoms with E-state index in [1.807, 2.05) is 0 Å². The van der Waals surface area contributed by atoms with E-state index in [1.165, 1.54) is 64.5 Å². The van der Waals surface area contributed by atoms with E-state index in [0.29, 0.717) is 13.1 Å². The summed E-state index contributed by atoms with van der Waals surface area (Å²) in [6, 6.07) is 0. The van der Waals surface area contributed by atoms with Crippen LogP contribution in [0.3, 0.4) is 0 Å². The van der Waals surface area contributed by atoms with Crippen LogP contribution in [0.25, 0.3) is 0 Å². The van der Waals surface area contributed by atoms with Gasteiger partial charge in [0, 0.05) is 15.9 Å². The van der Waals surface area contributed by atoms with Crippen molar-refractivity contribution in [3.05, 3.63) is 0 Å². The number of rotatable bonds is 1. The third-order valence-electron chi connectivity index (χ3n) is 2.62. The molecule has 1 aliphatic heterocycles. The first-order valence-electron chi connectivity index (χ1n) is 6.52. The van der Waals surface area contributed by atoms with Crippen molar-refractivity contribution in [1.29, 1.82) is 0 Å². The highest BCUT2D eigenvalue weighted by Crippen LogP contribution is 2.15. The van der Waals surface area contributed by atoms with E-state index in [0.717, 1.165) is 0 Å². The molecular weight excluding hydrogens is 186 g/mol. The molecular formula is C12H33N3. The molecule has 2 fully saturated rings. The van der Waals surface area contributed by atoms with E-state index in [1.54, 1.807) is 0 Å². The van der Waals surface area contributed by atoms with Crippen LogP contribution in [0.5, 0.6) is 0 Å². The number of nitrogens with two attached hydrogens (primary N) is 2. The van der Waals surface area contributed by atoms with Gasteiger partial charge in [-0.2, -0.15) is 0 Å². The van der Waals surface area contributed by atoms with Crippen LogP contribution in [0.4, 0.5) is 0 Å². The Labute approximate surface area is 98.0 Å². The summed E-state index contributed by atoms with van der Waals surface area (Å²) in [5, 5.41) is 3.22. The van der Waals surface area contributed by atoms with Crippen LogP contribution in [0.15, 0.2) is 0 Å². The van der Waals surface area contributed by atoms with Gasteiger partial charge >= 0.3 is 0 Å². The Balaban J connectivity index is -0.000000167. The Bertz CT molecular complexity index is 86.8. The summed E-state index contributed by atoms with van der Waals surface area (Å²) in [5.74, 6) is 0. The molecule has 2 rings (SSSR count). The summed E-state index contributed by atoms with van der Waals surface area (Å²) in [6.07, 6.45) is 11.8. The van der Waals surface area contributed by atoms with Gasteiger partial charge in [0.1, 0.15) is 0 Å². The van der Waals surface area contributed by atoms with E-state index in [4.69, 9.17) is 11.5 Å². The van der Waals surface area contributed by atoms with Crippen molar-refractivity contribution in [2.75, 3.05) is 26.2 Å². The molecule has 0 aromatic heterocycles. The second-order valence-electron chi connectivity index (χ2n) is 4.16. The van der Waals surface area contributed by atoms with E-state index in [9.17, 15) is 0 Å². The van der Waals surface area contributed by atoms with Gasteiger partial charge in [-0.15, -0.1) is 0 Å². The minimum atomic E-state index is 0. The monoisotopic (exact) mass is 219 g/mol. The van der Waals surface area contributed by atoms with Crippen LogP contribution in [0.1, 0.15) is 54.2 Å². The molecule has 0 spiro atoms. The topological polar surface area (TPSA) is 64.1 Å². The third-order valence-corrected chi connectivity index (χ3v) is 2.62. The predicted molar refractivity (Wildman–Crippen MR) is 72.1 cm³/mol. The molecule has 0 aromatic carbocycles. The molecule has 1 saturated heterocycles. The summed E-state index contributed by atoms with van der Waals surface area (Å²) >= 11 is 0. The van der Waals surface area contributed by atoms with Gasteiger partial charge in [0.05, 0.1) is 0 Å². The SMILES string of the molecule is C1CCCCC1.C1CCNC1.NCCN.[HH].[HH]. The van der Waals surface area contributed by atoms with Gasteiger partial charge in [0.2, 0.25) is 0 Å². The maximum absolute atomic E-state index is 4.90. The van der Waals surface area contributed by atoms with Crippen LogP contribution in [-0.4, -0.2) is 26.2 Å². The fourth-order valence-corrected chi connectivity index (χ4v) is 1.69. The van der Waals surface area contributed by atoms with Gasteiger partial charge in [-0.25, -0.2) is 0 Å². The first kappa shape index (κ1) is 14.9. The quantitative estimate of drug-likeness (QED) is 0.633. The van der Waals surface area contributed by atoms with Crippen molar-refractivity contribution in [3.8, 4) is 0 Å². The maximum Gasteiger partial charge on any atom is 0.00461 e. The van der Waals surface area contributed by atoms with Crippen LogP contribution in [-0.2, 0) is 0 Å². The van der Waals surface area contributed by atoms with Crippen molar-refractivity contribution in [2.24, 2.45) is 11.5 Å². The normalized spacial score (nSPS) is 19.6. The molecule has 0 unspecified atom stereocenters. The van der Waals surface area contributed by atoms with E-state index < -0.39 is 0 Å². The van der Waals surface area contributed by atoms with Crippen LogP contribution < -0.4 is 16.8 Å². The Morgan fingerprint density at radius 3 is 1.13 bits per heavy atom. The summed E-state index contributed by atoms with van der Waals surface area (Å²) in [4.78, 5) is 0. The molecule has 1 heterocycles. The smallest absolute Gasteiger partial charge is 0.00461 e. The predicted octanol–water partition coefficient (Wildman–Crippen LogP) is 2.11. The summed E-state index contributed by atoms with van der Waals surface area (Å²) in [7, 11) is 0. The molecule has 1 saturated carbocycles. The Kier molecular flexibility index (Phi) is 13.8. The molecule has 96 valence electrons. The molecule has 0 bridgehead atoms. The first-order valence-corrected chi connectivity index (χ1v) is 6.52. The molecule has 2 aliphatic rings. The first-order chi connectivity index (χ1) is 7.41. The lowest BCUT2D eigenvalue weighted by Gasteiger charge is -2.05. The zero-order valence-corrected chi connectivity index (χ0v) is 10.1. The molecule has 15 heavy (non-hydrogen) atoms. The largest absolute Gasteiger partial charge is 0.329 e.